The van der Waals surface area contributed by atoms with Crippen LogP contribution >= 0.6 is 11.6 Å². The highest BCUT2D eigenvalue weighted by Crippen LogP contribution is 2.32. The average molecular weight is 437 g/mol. The maximum Gasteiger partial charge on any atom is 0.254 e. The summed E-state index contributed by atoms with van der Waals surface area (Å²) in [7, 11) is 0. The third-order valence-corrected chi connectivity index (χ3v) is 5.48. The van der Waals surface area contributed by atoms with Crippen LogP contribution in [0.3, 0.4) is 0 Å². The number of halogens is 1. The molecule has 0 saturated carbocycles. The molecule has 0 radical (unpaired) electrons. The molecule has 0 saturated heterocycles. The van der Waals surface area contributed by atoms with E-state index in [9.17, 15) is 4.79 Å². The van der Waals surface area contributed by atoms with Gasteiger partial charge in [-0.25, -0.2) is 4.98 Å². The van der Waals surface area contributed by atoms with Crippen LogP contribution in [0.2, 0.25) is 5.02 Å². The van der Waals surface area contributed by atoms with Crippen molar-refractivity contribution in [2.45, 2.75) is 32.2 Å². The molecule has 0 aliphatic carbocycles. The molecule has 1 aromatic heterocycles. The van der Waals surface area contributed by atoms with Crippen molar-refractivity contribution >= 4 is 17.5 Å². The van der Waals surface area contributed by atoms with Gasteiger partial charge >= 0.3 is 0 Å². The van der Waals surface area contributed by atoms with Gasteiger partial charge in [-0.3, -0.25) is 4.79 Å². The first-order chi connectivity index (χ1) is 15.2. The second-order valence-electron chi connectivity index (χ2n) is 7.51. The number of nitrogens with zero attached hydrogens (tertiary/aromatic N) is 2. The predicted octanol–water partition coefficient (Wildman–Crippen LogP) is 6.12. The number of hydrogen-bond donors (Lipinski definition) is 0. The quantitative estimate of drug-likeness (QED) is 0.461. The molecule has 31 heavy (non-hydrogen) atoms. The van der Waals surface area contributed by atoms with Crippen molar-refractivity contribution in [3.63, 3.8) is 0 Å². The molecule has 0 bridgehead atoms. The van der Waals surface area contributed by atoms with E-state index in [-0.39, 0.29) is 5.91 Å². The summed E-state index contributed by atoms with van der Waals surface area (Å²) in [5.41, 5.74) is 1.47. The van der Waals surface area contributed by atoms with E-state index >= 15 is 0 Å². The monoisotopic (exact) mass is 436 g/mol. The van der Waals surface area contributed by atoms with Crippen molar-refractivity contribution in [1.29, 1.82) is 0 Å². The Balaban J connectivity index is 1.65. The van der Waals surface area contributed by atoms with Crippen LogP contribution in [0.4, 0.5) is 0 Å². The zero-order chi connectivity index (χ0) is 21.5. The summed E-state index contributed by atoms with van der Waals surface area (Å²) >= 11 is 6.00. The summed E-state index contributed by atoms with van der Waals surface area (Å²) in [6.45, 7) is 1.70. The highest BCUT2D eigenvalue weighted by molar-refractivity contribution is 6.30. The summed E-state index contributed by atoms with van der Waals surface area (Å²) in [5.74, 6) is 1.77. The SMILES string of the molecule is O=C(c1ccc(Cl)cc1)N1CCCCCCOc2ccccc2Oc2ncccc2C1. The Morgan fingerprint density at radius 2 is 1.68 bits per heavy atom. The standard InChI is InChI=1S/C25H25ClN2O3/c26-21-13-11-19(12-14-21)25(29)28-16-5-1-2-6-17-30-22-9-3-4-10-23(22)31-24-20(18-28)8-7-15-27-24/h3-4,7-15H,1-2,5-6,16-18H2. The molecule has 2 aromatic carbocycles. The highest BCUT2D eigenvalue weighted by Gasteiger charge is 2.19. The Hall–Kier alpha value is -3.05. The molecule has 1 aliphatic rings. The summed E-state index contributed by atoms with van der Waals surface area (Å²) in [5, 5.41) is 0.612. The molecular weight excluding hydrogens is 412 g/mol. The molecule has 0 spiro atoms. The number of pyridine rings is 1. The Morgan fingerprint density at radius 1 is 0.903 bits per heavy atom. The van der Waals surface area contributed by atoms with Gasteiger partial charge in [0.1, 0.15) is 0 Å². The predicted molar refractivity (Wildman–Crippen MR) is 121 cm³/mol. The fourth-order valence-corrected chi connectivity index (χ4v) is 3.69. The number of carbonyl (C=O) groups excluding carboxylic acids is 1. The molecule has 0 N–H and O–H groups in total. The third kappa shape index (κ3) is 5.56. The van der Waals surface area contributed by atoms with Crippen LogP contribution in [0.5, 0.6) is 17.4 Å². The fraction of sp³-hybridized carbons (Fsp3) is 0.280. The first-order valence-corrected chi connectivity index (χ1v) is 11.0. The molecule has 0 atom stereocenters. The van der Waals surface area contributed by atoms with Crippen LogP contribution in [0.15, 0.2) is 66.9 Å². The van der Waals surface area contributed by atoms with E-state index in [1.54, 1.807) is 30.5 Å². The van der Waals surface area contributed by atoms with Crippen molar-refractivity contribution in [2.75, 3.05) is 13.2 Å². The number of amides is 1. The Labute approximate surface area is 187 Å². The number of benzene rings is 2. The lowest BCUT2D eigenvalue weighted by Gasteiger charge is -2.24. The largest absolute Gasteiger partial charge is 0.490 e. The van der Waals surface area contributed by atoms with Gasteiger partial charge in [0.05, 0.1) is 13.2 Å². The van der Waals surface area contributed by atoms with Crippen molar-refractivity contribution in [3.05, 3.63) is 83.0 Å². The van der Waals surface area contributed by atoms with Gasteiger partial charge in [0.2, 0.25) is 5.88 Å². The molecule has 3 aromatic rings. The average Bonchev–Trinajstić information content (AvgIpc) is 2.79. The Bertz CT molecular complexity index is 1020. The summed E-state index contributed by atoms with van der Waals surface area (Å²) in [6, 6.07) is 18.4. The van der Waals surface area contributed by atoms with Crippen molar-refractivity contribution < 1.29 is 14.3 Å². The minimum absolute atomic E-state index is 0.0257. The molecule has 1 amide bonds. The van der Waals surface area contributed by atoms with Gasteiger partial charge in [-0.05, 0) is 55.3 Å². The lowest BCUT2D eigenvalue weighted by molar-refractivity contribution is 0.0738. The summed E-state index contributed by atoms with van der Waals surface area (Å²) < 4.78 is 12.1. The molecule has 0 fully saturated rings. The van der Waals surface area contributed by atoms with E-state index in [4.69, 9.17) is 21.1 Å². The zero-order valence-corrected chi connectivity index (χ0v) is 18.1. The minimum atomic E-state index is -0.0257. The second-order valence-corrected chi connectivity index (χ2v) is 7.95. The molecule has 2 heterocycles. The van der Waals surface area contributed by atoms with Crippen molar-refractivity contribution in [2.24, 2.45) is 0 Å². The van der Waals surface area contributed by atoms with E-state index in [0.717, 1.165) is 31.2 Å². The zero-order valence-electron chi connectivity index (χ0n) is 17.3. The third-order valence-electron chi connectivity index (χ3n) is 5.23. The van der Waals surface area contributed by atoms with Gasteiger partial charge in [0, 0.05) is 28.9 Å². The van der Waals surface area contributed by atoms with Crippen LogP contribution in [-0.2, 0) is 6.54 Å². The van der Waals surface area contributed by atoms with Gasteiger partial charge in [0.15, 0.2) is 11.5 Å². The minimum Gasteiger partial charge on any atom is -0.490 e. The van der Waals surface area contributed by atoms with Crippen LogP contribution in [0.25, 0.3) is 0 Å². The van der Waals surface area contributed by atoms with Gasteiger partial charge in [-0.15, -0.1) is 0 Å². The first-order valence-electron chi connectivity index (χ1n) is 10.6. The van der Waals surface area contributed by atoms with Crippen LogP contribution in [-0.4, -0.2) is 28.9 Å². The maximum atomic E-state index is 13.3. The highest BCUT2D eigenvalue weighted by atomic mass is 35.5. The number of hydrogen-bond acceptors (Lipinski definition) is 4. The smallest absolute Gasteiger partial charge is 0.254 e. The van der Waals surface area contributed by atoms with Crippen molar-refractivity contribution in [1.82, 2.24) is 9.88 Å². The van der Waals surface area contributed by atoms with Crippen LogP contribution < -0.4 is 9.47 Å². The molecule has 0 unspecified atom stereocenters. The molecular formula is C25H25ClN2O3. The van der Waals surface area contributed by atoms with E-state index in [1.165, 1.54) is 0 Å². The van der Waals surface area contributed by atoms with Gasteiger partial charge in [0.25, 0.3) is 5.91 Å². The topological polar surface area (TPSA) is 51.7 Å². The van der Waals surface area contributed by atoms with E-state index in [1.807, 2.05) is 41.3 Å². The maximum absolute atomic E-state index is 13.3. The Kier molecular flexibility index (Phi) is 7.05. The van der Waals surface area contributed by atoms with Gasteiger partial charge < -0.3 is 14.4 Å². The lowest BCUT2D eigenvalue weighted by atomic mass is 10.1. The van der Waals surface area contributed by atoms with Gasteiger partial charge in [-0.2, -0.15) is 0 Å². The summed E-state index contributed by atoms with van der Waals surface area (Å²) in [6.07, 6.45) is 5.65. The molecule has 1 aliphatic heterocycles. The second kappa shape index (κ2) is 10.3. The van der Waals surface area contributed by atoms with Crippen LogP contribution in [0.1, 0.15) is 41.6 Å². The normalized spacial score (nSPS) is 14.9. The number of rotatable bonds is 1. The first kappa shape index (κ1) is 21.2. The Morgan fingerprint density at radius 3 is 2.52 bits per heavy atom. The number of para-hydroxylation sites is 2. The summed E-state index contributed by atoms with van der Waals surface area (Å²) in [4.78, 5) is 19.6. The molecule has 5 nitrogen and oxygen atoms in total. The molecule has 160 valence electrons. The molecule has 6 heteroatoms. The number of aromatic nitrogens is 1. The van der Waals surface area contributed by atoms with E-state index in [2.05, 4.69) is 4.98 Å². The lowest BCUT2D eigenvalue weighted by Crippen LogP contribution is -2.31. The van der Waals surface area contributed by atoms with Crippen LogP contribution in [0, 0.1) is 0 Å². The fourth-order valence-electron chi connectivity index (χ4n) is 3.57. The number of carbonyl (C=O) groups is 1. The molecule has 4 rings (SSSR count). The number of fused-ring (bicyclic) bond motifs is 2. The van der Waals surface area contributed by atoms with E-state index in [0.29, 0.717) is 47.7 Å². The van der Waals surface area contributed by atoms with Gasteiger partial charge in [-0.1, -0.05) is 42.6 Å². The van der Waals surface area contributed by atoms with E-state index < -0.39 is 0 Å². The van der Waals surface area contributed by atoms with Crippen molar-refractivity contribution in [3.8, 4) is 17.4 Å². The number of ether oxygens (including phenoxy) is 2.